The van der Waals surface area contributed by atoms with Crippen LogP contribution in [0.1, 0.15) is 27.4 Å². The number of carbonyl (C=O) groups is 1. The zero-order valence-electron chi connectivity index (χ0n) is 20.0. The molecule has 0 N–H and O–H groups in total. The van der Waals surface area contributed by atoms with Gasteiger partial charge < -0.3 is 14.1 Å². The number of anilines is 1. The fourth-order valence-electron chi connectivity index (χ4n) is 3.93. The molecule has 9 nitrogen and oxygen atoms in total. The third-order valence-electron chi connectivity index (χ3n) is 5.88. The highest BCUT2D eigenvalue weighted by Crippen LogP contribution is 2.35. The third-order valence-corrected chi connectivity index (χ3v) is 6.89. The van der Waals surface area contributed by atoms with Gasteiger partial charge in [0, 0.05) is 36.6 Å². The second kappa shape index (κ2) is 11.7. The average Bonchev–Trinajstić information content (AvgIpc) is 3.46. The van der Waals surface area contributed by atoms with E-state index >= 15 is 0 Å². The van der Waals surface area contributed by atoms with Gasteiger partial charge in [-0.3, -0.25) is 9.69 Å². The first-order chi connectivity index (χ1) is 18.2. The maximum absolute atomic E-state index is 11.2. The lowest BCUT2D eigenvalue weighted by Gasteiger charge is -2.34. The lowest BCUT2D eigenvalue weighted by molar-refractivity contribution is 0.112. The van der Waals surface area contributed by atoms with Gasteiger partial charge in [-0.2, -0.15) is 10.2 Å². The molecule has 0 atom stereocenters. The third kappa shape index (κ3) is 6.33. The van der Waals surface area contributed by atoms with Crippen molar-refractivity contribution in [2.24, 2.45) is 0 Å². The van der Waals surface area contributed by atoms with Gasteiger partial charge in [-0.25, -0.2) is 9.97 Å². The van der Waals surface area contributed by atoms with Gasteiger partial charge >= 0.3 is 0 Å². The van der Waals surface area contributed by atoms with E-state index in [1.165, 1.54) is 11.8 Å². The van der Waals surface area contributed by atoms with Gasteiger partial charge in [-0.1, -0.05) is 30.0 Å². The smallest absolute Gasteiger partial charge is 0.232 e. The van der Waals surface area contributed by atoms with Gasteiger partial charge in [0.15, 0.2) is 0 Å². The fraction of sp³-hybridized carbons (Fsp3) is 0.222. The van der Waals surface area contributed by atoms with Crippen molar-refractivity contribution in [3.63, 3.8) is 0 Å². The van der Waals surface area contributed by atoms with Crippen LogP contribution in [0.15, 0.2) is 81.4 Å². The fourth-order valence-corrected chi connectivity index (χ4v) is 4.76. The minimum Gasteiger partial charge on any atom is -0.472 e. The first-order valence-corrected chi connectivity index (χ1v) is 12.6. The summed E-state index contributed by atoms with van der Waals surface area (Å²) >= 11 is 1.47. The predicted molar refractivity (Wildman–Crippen MR) is 137 cm³/mol. The zero-order chi connectivity index (χ0) is 25.5. The van der Waals surface area contributed by atoms with Crippen LogP contribution in [0, 0.1) is 11.3 Å². The van der Waals surface area contributed by atoms with Crippen LogP contribution in [0.25, 0.3) is 0 Å². The molecule has 4 aromatic rings. The second-order valence-electron chi connectivity index (χ2n) is 8.42. The first kappa shape index (κ1) is 24.5. The molecule has 0 radical (unpaired) electrons. The molecule has 0 bridgehead atoms. The van der Waals surface area contributed by atoms with E-state index < -0.39 is 0 Å². The van der Waals surface area contributed by atoms with Crippen LogP contribution in [0.4, 0.5) is 5.95 Å². The maximum Gasteiger partial charge on any atom is 0.232 e. The number of benzene rings is 2. The van der Waals surface area contributed by atoms with E-state index in [1.54, 1.807) is 42.9 Å². The van der Waals surface area contributed by atoms with E-state index in [-0.39, 0.29) is 6.61 Å². The molecular formula is C27H24N6O3S. The van der Waals surface area contributed by atoms with Crippen molar-refractivity contribution in [1.29, 1.82) is 5.26 Å². The number of hydrogen-bond donors (Lipinski definition) is 0. The Balaban J connectivity index is 1.32. The minimum atomic E-state index is 0.267. The van der Waals surface area contributed by atoms with Crippen molar-refractivity contribution in [3.05, 3.63) is 89.8 Å². The van der Waals surface area contributed by atoms with Crippen molar-refractivity contribution in [2.75, 3.05) is 31.1 Å². The summed E-state index contributed by atoms with van der Waals surface area (Å²) in [5, 5.41) is 9.08. The second-order valence-corrected chi connectivity index (χ2v) is 9.53. The van der Waals surface area contributed by atoms with E-state index in [9.17, 15) is 4.79 Å². The van der Waals surface area contributed by atoms with Gasteiger partial charge in [-0.05, 0) is 35.9 Å². The number of rotatable bonds is 9. The Kier molecular flexibility index (Phi) is 7.74. The van der Waals surface area contributed by atoms with Crippen LogP contribution in [0.3, 0.4) is 0 Å². The molecule has 2 aromatic carbocycles. The van der Waals surface area contributed by atoms with Crippen LogP contribution >= 0.6 is 11.8 Å². The highest BCUT2D eigenvalue weighted by atomic mass is 32.2. The zero-order valence-corrected chi connectivity index (χ0v) is 20.8. The monoisotopic (exact) mass is 512 g/mol. The quantitative estimate of drug-likeness (QED) is 0.303. The Labute approximate surface area is 218 Å². The number of piperazine rings is 1. The molecule has 186 valence electrons. The van der Waals surface area contributed by atoms with Crippen LogP contribution in [-0.2, 0) is 13.2 Å². The van der Waals surface area contributed by atoms with Gasteiger partial charge in [0.2, 0.25) is 17.7 Å². The molecule has 0 saturated carbocycles. The minimum absolute atomic E-state index is 0.267. The summed E-state index contributed by atoms with van der Waals surface area (Å²) in [5.41, 5.74) is 2.07. The molecule has 3 heterocycles. The Morgan fingerprint density at radius 1 is 1.11 bits per heavy atom. The summed E-state index contributed by atoms with van der Waals surface area (Å²) in [5.74, 6) is 1.79. The molecule has 1 saturated heterocycles. The standard InChI is InChI=1S/C27H24N6O3S/c28-15-20-4-6-23(7-5-20)37-24-16-30-27(31-26(24)36-19-22-3-1-2-21(14-22)18-34)33-11-9-32(10-12-33)17-25-29-8-13-35-25/h1-8,13-14,16,18H,9-12,17,19H2. The van der Waals surface area contributed by atoms with Crippen LogP contribution in [0.2, 0.25) is 0 Å². The number of oxazole rings is 1. The van der Waals surface area contributed by atoms with Crippen molar-refractivity contribution in [1.82, 2.24) is 19.9 Å². The Hall–Kier alpha value is -4.20. The van der Waals surface area contributed by atoms with Crippen LogP contribution in [0.5, 0.6) is 5.88 Å². The number of ether oxygens (including phenoxy) is 1. The lowest BCUT2D eigenvalue weighted by atomic mass is 10.1. The summed E-state index contributed by atoms with van der Waals surface area (Å²) in [4.78, 5) is 30.9. The molecule has 1 aliphatic rings. The molecule has 37 heavy (non-hydrogen) atoms. The molecule has 0 amide bonds. The Bertz CT molecular complexity index is 1380. The molecule has 0 aliphatic carbocycles. The molecule has 1 fully saturated rings. The molecule has 0 spiro atoms. The normalized spacial score (nSPS) is 13.8. The van der Waals surface area contributed by atoms with E-state index in [0.717, 1.165) is 47.8 Å². The average molecular weight is 513 g/mol. The highest BCUT2D eigenvalue weighted by molar-refractivity contribution is 7.99. The number of carbonyl (C=O) groups excluding carboxylic acids is 1. The van der Waals surface area contributed by atoms with Gasteiger partial charge in [0.25, 0.3) is 0 Å². The summed E-state index contributed by atoms with van der Waals surface area (Å²) in [6, 6.07) is 16.8. The molecular weight excluding hydrogens is 488 g/mol. The lowest BCUT2D eigenvalue weighted by Crippen LogP contribution is -2.46. The molecule has 2 aromatic heterocycles. The highest BCUT2D eigenvalue weighted by Gasteiger charge is 2.22. The van der Waals surface area contributed by atoms with E-state index in [2.05, 4.69) is 25.8 Å². The number of aromatic nitrogens is 3. The predicted octanol–water partition coefficient (Wildman–Crippen LogP) is 4.20. The number of nitriles is 1. The SMILES string of the molecule is N#Cc1ccc(Sc2cnc(N3CCN(Cc4ncco4)CC3)nc2OCc2cccc(C=O)c2)cc1. The summed E-state index contributed by atoms with van der Waals surface area (Å²) < 4.78 is 11.5. The number of hydrogen-bond acceptors (Lipinski definition) is 10. The molecule has 1 aliphatic heterocycles. The summed E-state index contributed by atoms with van der Waals surface area (Å²) in [7, 11) is 0. The van der Waals surface area contributed by atoms with E-state index in [1.807, 2.05) is 24.3 Å². The molecule has 0 unspecified atom stereocenters. The van der Waals surface area contributed by atoms with Crippen molar-refractivity contribution >= 4 is 24.0 Å². The maximum atomic E-state index is 11.2. The summed E-state index contributed by atoms with van der Waals surface area (Å²) in [6.07, 6.45) is 5.85. The van der Waals surface area contributed by atoms with Gasteiger partial charge in [0.1, 0.15) is 19.2 Å². The van der Waals surface area contributed by atoms with Crippen molar-refractivity contribution in [2.45, 2.75) is 22.9 Å². The largest absolute Gasteiger partial charge is 0.472 e. The van der Waals surface area contributed by atoms with E-state index in [0.29, 0.717) is 35.4 Å². The first-order valence-electron chi connectivity index (χ1n) is 11.8. The molecule has 10 heteroatoms. The van der Waals surface area contributed by atoms with Crippen molar-refractivity contribution in [3.8, 4) is 11.9 Å². The van der Waals surface area contributed by atoms with Crippen molar-refractivity contribution < 1.29 is 13.9 Å². The van der Waals surface area contributed by atoms with Gasteiger partial charge in [-0.15, -0.1) is 0 Å². The van der Waals surface area contributed by atoms with E-state index in [4.69, 9.17) is 19.4 Å². The van der Waals surface area contributed by atoms with Gasteiger partial charge in [0.05, 0.1) is 35.5 Å². The Morgan fingerprint density at radius 2 is 1.95 bits per heavy atom. The number of nitrogens with zero attached hydrogens (tertiary/aromatic N) is 6. The van der Waals surface area contributed by atoms with Crippen LogP contribution < -0.4 is 9.64 Å². The Morgan fingerprint density at radius 3 is 2.68 bits per heavy atom. The van der Waals surface area contributed by atoms with Crippen LogP contribution in [-0.4, -0.2) is 52.3 Å². The number of aldehydes is 1. The molecule has 5 rings (SSSR count). The topological polar surface area (TPSA) is 108 Å². The summed E-state index contributed by atoms with van der Waals surface area (Å²) in [6.45, 7) is 4.15.